The molecular weight excluding hydrogens is 220 g/mol. The summed E-state index contributed by atoms with van der Waals surface area (Å²) in [4.78, 5) is 14.7. The van der Waals surface area contributed by atoms with E-state index >= 15 is 0 Å². The number of hydrogen-bond acceptors (Lipinski definition) is 4. The van der Waals surface area contributed by atoms with Gasteiger partial charge in [0.25, 0.3) is 0 Å². The maximum atomic E-state index is 10.6. The second-order valence-corrected chi connectivity index (χ2v) is 4.24. The number of rotatable bonds is 4. The SMILES string of the molecule is CC1OCCC1CNc1ccc(C(=O)O)cn1. The first-order chi connectivity index (χ1) is 8.16. The summed E-state index contributed by atoms with van der Waals surface area (Å²) in [6, 6.07) is 3.23. The van der Waals surface area contributed by atoms with Crippen molar-refractivity contribution >= 4 is 11.8 Å². The highest BCUT2D eigenvalue weighted by molar-refractivity contribution is 5.87. The van der Waals surface area contributed by atoms with Gasteiger partial charge in [-0.15, -0.1) is 0 Å². The Morgan fingerprint density at radius 3 is 3.00 bits per heavy atom. The van der Waals surface area contributed by atoms with Gasteiger partial charge in [-0.05, 0) is 25.5 Å². The van der Waals surface area contributed by atoms with Crippen molar-refractivity contribution in [3.05, 3.63) is 23.9 Å². The van der Waals surface area contributed by atoms with E-state index in [1.165, 1.54) is 6.20 Å². The number of aromatic nitrogens is 1. The second kappa shape index (κ2) is 5.14. The van der Waals surface area contributed by atoms with E-state index in [-0.39, 0.29) is 11.7 Å². The lowest BCUT2D eigenvalue weighted by Gasteiger charge is -2.14. The third kappa shape index (κ3) is 2.94. The highest BCUT2D eigenvalue weighted by atomic mass is 16.5. The Kier molecular flexibility index (Phi) is 3.58. The van der Waals surface area contributed by atoms with E-state index in [4.69, 9.17) is 9.84 Å². The van der Waals surface area contributed by atoms with Crippen LogP contribution in [0.4, 0.5) is 5.82 Å². The van der Waals surface area contributed by atoms with Crippen molar-refractivity contribution in [2.75, 3.05) is 18.5 Å². The van der Waals surface area contributed by atoms with Gasteiger partial charge in [-0.2, -0.15) is 0 Å². The first-order valence-corrected chi connectivity index (χ1v) is 5.71. The molecule has 0 amide bonds. The van der Waals surface area contributed by atoms with E-state index in [1.807, 2.05) is 0 Å². The first kappa shape index (κ1) is 11.9. The van der Waals surface area contributed by atoms with E-state index in [1.54, 1.807) is 12.1 Å². The van der Waals surface area contributed by atoms with Crippen molar-refractivity contribution in [2.45, 2.75) is 19.4 Å². The number of carboxylic acids is 1. The summed E-state index contributed by atoms with van der Waals surface area (Å²) in [6.45, 7) is 3.69. The minimum absolute atomic E-state index is 0.202. The Morgan fingerprint density at radius 1 is 1.65 bits per heavy atom. The molecule has 0 radical (unpaired) electrons. The number of carbonyl (C=O) groups is 1. The maximum Gasteiger partial charge on any atom is 0.337 e. The molecule has 5 nitrogen and oxygen atoms in total. The number of hydrogen-bond donors (Lipinski definition) is 2. The molecule has 0 spiro atoms. The zero-order valence-corrected chi connectivity index (χ0v) is 9.72. The average molecular weight is 236 g/mol. The molecule has 1 saturated heterocycles. The van der Waals surface area contributed by atoms with Gasteiger partial charge in [0.05, 0.1) is 11.7 Å². The van der Waals surface area contributed by atoms with Gasteiger partial charge in [0.2, 0.25) is 0 Å². The van der Waals surface area contributed by atoms with Gasteiger partial charge in [-0.1, -0.05) is 0 Å². The summed E-state index contributed by atoms with van der Waals surface area (Å²) in [5, 5.41) is 11.9. The molecule has 2 N–H and O–H groups in total. The van der Waals surface area contributed by atoms with Crippen LogP contribution in [0.25, 0.3) is 0 Å². The molecule has 1 aliphatic rings. The summed E-state index contributed by atoms with van der Waals surface area (Å²) in [5.74, 6) is 0.243. The summed E-state index contributed by atoms with van der Waals surface area (Å²) in [5.41, 5.74) is 0.202. The van der Waals surface area contributed by atoms with Crippen LogP contribution in [0, 0.1) is 5.92 Å². The molecule has 0 saturated carbocycles. The van der Waals surface area contributed by atoms with Crippen LogP contribution in [0.5, 0.6) is 0 Å². The highest BCUT2D eigenvalue weighted by Gasteiger charge is 2.23. The maximum absolute atomic E-state index is 10.6. The smallest absolute Gasteiger partial charge is 0.337 e. The topological polar surface area (TPSA) is 71.5 Å². The Labute approximate surface area is 99.8 Å². The lowest BCUT2D eigenvalue weighted by atomic mass is 10.0. The van der Waals surface area contributed by atoms with Gasteiger partial charge in [-0.3, -0.25) is 0 Å². The number of ether oxygens (including phenoxy) is 1. The monoisotopic (exact) mass is 236 g/mol. The van der Waals surface area contributed by atoms with E-state index in [0.29, 0.717) is 11.7 Å². The van der Waals surface area contributed by atoms with Gasteiger partial charge in [0, 0.05) is 25.3 Å². The minimum Gasteiger partial charge on any atom is -0.478 e. The summed E-state index contributed by atoms with van der Waals surface area (Å²) in [6.07, 6.45) is 2.70. The Morgan fingerprint density at radius 2 is 2.47 bits per heavy atom. The third-order valence-corrected chi connectivity index (χ3v) is 3.09. The molecule has 5 heteroatoms. The molecule has 2 heterocycles. The van der Waals surface area contributed by atoms with Crippen LogP contribution in [0.1, 0.15) is 23.7 Å². The fourth-order valence-electron chi connectivity index (χ4n) is 1.90. The van der Waals surface area contributed by atoms with E-state index < -0.39 is 5.97 Å². The number of anilines is 1. The van der Waals surface area contributed by atoms with Crippen LogP contribution in [-0.4, -0.2) is 35.3 Å². The lowest BCUT2D eigenvalue weighted by Crippen LogP contribution is -2.21. The van der Waals surface area contributed by atoms with Crippen molar-refractivity contribution < 1.29 is 14.6 Å². The Bertz CT molecular complexity index is 391. The van der Waals surface area contributed by atoms with Crippen LogP contribution < -0.4 is 5.32 Å². The van der Waals surface area contributed by atoms with Crippen LogP contribution in [0.15, 0.2) is 18.3 Å². The molecule has 2 unspecified atom stereocenters. The largest absolute Gasteiger partial charge is 0.478 e. The molecule has 0 aromatic carbocycles. The normalized spacial score (nSPS) is 23.6. The van der Waals surface area contributed by atoms with Gasteiger partial charge in [0.15, 0.2) is 0 Å². The number of carboxylic acid groups (broad SMARTS) is 1. The van der Waals surface area contributed by atoms with Crippen molar-refractivity contribution in [1.29, 1.82) is 0 Å². The fraction of sp³-hybridized carbons (Fsp3) is 0.500. The quantitative estimate of drug-likeness (QED) is 0.831. The number of nitrogens with one attached hydrogen (secondary N) is 1. The fourth-order valence-corrected chi connectivity index (χ4v) is 1.90. The van der Waals surface area contributed by atoms with Crippen LogP contribution in [-0.2, 0) is 4.74 Å². The minimum atomic E-state index is -0.957. The lowest BCUT2D eigenvalue weighted by molar-refractivity contribution is 0.0696. The third-order valence-electron chi connectivity index (χ3n) is 3.09. The Balaban J connectivity index is 1.88. The zero-order chi connectivity index (χ0) is 12.3. The van der Waals surface area contributed by atoms with E-state index in [0.717, 1.165) is 19.6 Å². The van der Waals surface area contributed by atoms with E-state index in [9.17, 15) is 4.79 Å². The number of aromatic carboxylic acids is 1. The number of nitrogens with zero attached hydrogens (tertiary/aromatic N) is 1. The predicted molar refractivity (Wildman–Crippen MR) is 63.2 cm³/mol. The summed E-state index contributed by atoms with van der Waals surface area (Å²) in [7, 11) is 0. The molecule has 1 aromatic rings. The van der Waals surface area contributed by atoms with Crippen LogP contribution in [0.3, 0.4) is 0 Å². The van der Waals surface area contributed by atoms with Crippen LogP contribution in [0.2, 0.25) is 0 Å². The van der Waals surface area contributed by atoms with Crippen LogP contribution >= 0.6 is 0 Å². The predicted octanol–water partition coefficient (Wildman–Crippen LogP) is 1.62. The standard InChI is InChI=1S/C12H16N2O3/c1-8-9(4-5-17-8)6-13-11-3-2-10(7-14-11)12(15)16/h2-3,7-9H,4-6H2,1H3,(H,13,14)(H,15,16). The zero-order valence-electron chi connectivity index (χ0n) is 9.72. The van der Waals surface area contributed by atoms with Crippen molar-refractivity contribution in [1.82, 2.24) is 4.98 Å². The molecule has 1 fully saturated rings. The van der Waals surface area contributed by atoms with Gasteiger partial charge in [0.1, 0.15) is 5.82 Å². The molecule has 0 aliphatic carbocycles. The summed E-state index contributed by atoms with van der Waals surface area (Å²) < 4.78 is 5.47. The highest BCUT2D eigenvalue weighted by Crippen LogP contribution is 2.20. The molecule has 0 bridgehead atoms. The van der Waals surface area contributed by atoms with Gasteiger partial charge < -0.3 is 15.2 Å². The average Bonchev–Trinajstić information content (AvgIpc) is 2.73. The molecule has 1 aromatic heterocycles. The first-order valence-electron chi connectivity index (χ1n) is 5.71. The molecular formula is C12H16N2O3. The van der Waals surface area contributed by atoms with Crippen molar-refractivity contribution in [3.63, 3.8) is 0 Å². The second-order valence-electron chi connectivity index (χ2n) is 4.24. The van der Waals surface area contributed by atoms with Gasteiger partial charge >= 0.3 is 5.97 Å². The molecule has 1 aliphatic heterocycles. The number of pyridine rings is 1. The molecule has 2 atom stereocenters. The van der Waals surface area contributed by atoms with E-state index in [2.05, 4.69) is 17.2 Å². The summed E-state index contributed by atoms with van der Waals surface area (Å²) >= 11 is 0. The molecule has 2 rings (SSSR count). The van der Waals surface area contributed by atoms with Crippen molar-refractivity contribution in [3.8, 4) is 0 Å². The van der Waals surface area contributed by atoms with Gasteiger partial charge in [-0.25, -0.2) is 9.78 Å². The van der Waals surface area contributed by atoms with Crippen molar-refractivity contribution in [2.24, 2.45) is 5.92 Å². The molecule has 17 heavy (non-hydrogen) atoms. The Hall–Kier alpha value is -1.62. The molecule has 92 valence electrons.